The van der Waals surface area contributed by atoms with E-state index in [0.717, 1.165) is 37.0 Å². The van der Waals surface area contributed by atoms with Crippen molar-refractivity contribution >= 4 is 41.3 Å². The van der Waals surface area contributed by atoms with E-state index < -0.39 is 0 Å². The molecule has 0 unspecified atom stereocenters. The van der Waals surface area contributed by atoms with E-state index in [1.54, 1.807) is 24.6 Å². The highest BCUT2D eigenvalue weighted by atomic mass is 127. The number of nitrogens with one attached hydrogen (secondary N) is 2. The quantitative estimate of drug-likeness (QED) is 0.300. The second-order valence-electron chi connectivity index (χ2n) is 6.02. The Morgan fingerprint density at radius 3 is 2.81 bits per heavy atom. The maximum absolute atomic E-state index is 4.38. The number of aromatic nitrogens is 3. The molecule has 0 radical (unpaired) electrons. The van der Waals surface area contributed by atoms with E-state index in [-0.39, 0.29) is 24.0 Å². The van der Waals surface area contributed by atoms with Crippen LogP contribution in [0, 0.1) is 6.92 Å². The number of hydrogen-bond acceptors (Lipinski definition) is 4. The fourth-order valence-corrected chi connectivity index (χ4v) is 3.43. The van der Waals surface area contributed by atoms with Gasteiger partial charge >= 0.3 is 0 Å². The Labute approximate surface area is 181 Å². The Morgan fingerprint density at radius 2 is 2.11 bits per heavy atom. The lowest BCUT2D eigenvalue weighted by molar-refractivity contribution is 0.781. The number of aryl methyl sites for hydroxylation is 1. The minimum absolute atomic E-state index is 0. The number of nitrogens with zero attached hydrogens (tertiary/aromatic N) is 4. The standard InChI is InChI=1S/C19H24N6S.HI/c1-15-11-23-18(26-15)6-7-22-19(20-2)24-12-16-4-3-5-17(10-16)13-25-9-8-21-14-25;/h3-5,8-11,14H,6-7,12-13H2,1-2H3,(H2,20,22,24);1H. The first-order valence-electron chi connectivity index (χ1n) is 8.62. The van der Waals surface area contributed by atoms with Crippen LogP contribution in [-0.2, 0) is 19.5 Å². The Balaban J connectivity index is 0.00000261. The van der Waals surface area contributed by atoms with Gasteiger partial charge in [0.2, 0.25) is 0 Å². The molecule has 2 N–H and O–H groups in total. The molecule has 0 fully saturated rings. The van der Waals surface area contributed by atoms with Crippen LogP contribution in [-0.4, -0.2) is 34.1 Å². The summed E-state index contributed by atoms with van der Waals surface area (Å²) in [5.41, 5.74) is 2.48. The summed E-state index contributed by atoms with van der Waals surface area (Å²) in [5.74, 6) is 0.804. The average molecular weight is 496 g/mol. The van der Waals surface area contributed by atoms with Crippen LogP contribution in [0.15, 0.2) is 54.2 Å². The summed E-state index contributed by atoms with van der Waals surface area (Å²) in [5, 5.41) is 7.86. The average Bonchev–Trinajstić information content (AvgIpc) is 3.30. The van der Waals surface area contributed by atoms with E-state index in [4.69, 9.17) is 0 Å². The minimum Gasteiger partial charge on any atom is -0.356 e. The lowest BCUT2D eigenvalue weighted by Crippen LogP contribution is -2.37. The summed E-state index contributed by atoms with van der Waals surface area (Å²) >= 11 is 1.74. The molecule has 6 nitrogen and oxygen atoms in total. The minimum atomic E-state index is 0. The molecule has 0 aliphatic heterocycles. The molecule has 0 bridgehead atoms. The third kappa shape index (κ3) is 6.94. The van der Waals surface area contributed by atoms with Crippen molar-refractivity contribution < 1.29 is 0 Å². The van der Waals surface area contributed by atoms with Crippen LogP contribution in [0.1, 0.15) is 21.0 Å². The second-order valence-corrected chi connectivity index (χ2v) is 7.34. The van der Waals surface area contributed by atoms with Gasteiger partial charge in [-0.2, -0.15) is 0 Å². The van der Waals surface area contributed by atoms with Gasteiger partial charge in [-0.25, -0.2) is 9.97 Å². The molecule has 2 aromatic heterocycles. The van der Waals surface area contributed by atoms with Crippen LogP contribution in [0.5, 0.6) is 0 Å². The van der Waals surface area contributed by atoms with E-state index in [9.17, 15) is 0 Å². The molecular weight excluding hydrogens is 471 g/mol. The van der Waals surface area contributed by atoms with Crippen molar-refractivity contribution in [1.82, 2.24) is 25.2 Å². The van der Waals surface area contributed by atoms with E-state index in [1.165, 1.54) is 16.0 Å². The highest BCUT2D eigenvalue weighted by molar-refractivity contribution is 14.0. The highest BCUT2D eigenvalue weighted by Crippen LogP contribution is 2.11. The fourth-order valence-electron chi connectivity index (χ4n) is 2.64. The molecule has 0 aliphatic rings. The number of rotatable bonds is 7. The molecule has 0 saturated carbocycles. The Hall–Kier alpha value is -1.94. The van der Waals surface area contributed by atoms with E-state index in [0.29, 0.717) is 0 Å². The molecule has 2 heterocycles. The van der Waals surface area contributed by atoms with Crippen molar-refractivity contribution in [3.05, 3.63) is 70.2 Å². The maximum atomic E-state index is 4.38. The zero-order chi connectivity index (χ0) is 18.2. The number of thiazole rings is 1. The fraction of sp³-hybridized carbons (Fsp3) is 0.316. The van der Waals surface area contributed by atoms with Crippen LogP contribution >= 0.6 is 35.3 Å². The first kappa shape index (κ1) is 21.4. The summed E-state index contributed by atoms with van der Waals surface area (Å²) in [6.07, 6.45) is 8.43. The van der Waals surface area contributed by atoms with Crippen molar-refractivity contribution in [2.45, 2.75) is 26.4 Å². The highest BCUT2D eigenvalue weighted by Gasteiger charge is 2.02. The maximum Gasteiger partial charge on any atom is 0.191 e. The number of halogens is 1. The van der Waals surface area contributed by atoms with Gasteiger partial charge in [0.1, 0.15) is 0 Å². The lowest BCUT2D eigenvalue weighted by atomic mass is 10.1. The van der Waals surface area contributed by atoms with E-state index in [1.807, 2.05) is 18.7 Å². The molecule has 0 spiro atoms. The second kappa shape index (κ2) is 11.0. The summed E-state index contributed by atoms with van der Waals surface area (Å²) in [6.45, 7) is 4.45. The zero-order valence-corrected chi connectivity index (χ0v) is 18.7. The Kier molecular flexibility index (Phi) is 8.73. The summed E-state index contributed by atoms with van der Waals surface area (Å²) in [7, 11) is 1.79. The summed E-state index contributed by atoms with van der Waals surface area (Å²) in [4.78, 5) is 14.0. The molecule has 1 aromatic carbocycles. The van der Waals surface area contributed by atoms with Gasteiger partial charge in [-0.3, -0.25) is 4.99 Å². The molecule has 0 amide bonds. The van der Waals surface area contributed by atoms with Crippen molar-refractivity contribution in [2.75, 3.05) is 13.6 Å². The third-order valence-electron chi connectivity index (χ3n) is 3.90. The van der Waals surface area contributed by atoms with Crippen LogP contribution in [0.3, 0.4) is 0 Å². The van der Waals surface area contributed by atoms with Gasteiger partial charge in [0.05, 0.1) is 11.3 Å². The molecular formula is C19H25IN6S. The molecule has 8 heteroatoms. The van der Waals surface area contributed by atoms with Gasteiger partial charge < -0.3 is 15.2 Å². The van der Waals surface area contributed by atoms with Gasteiger partial charge in [-0.05, 0) is 18.1 Å². The topological polar surface area (TPSA) is 67.1 Å². The predicted molar refractivity (Wildman–Crippen MR) is 122 cm³/mol. The van der Waals surface area contributed by atoms with Gasteiger partial charge in [0, 0.05) is 56.6 Å². The molecule has 144 valence electrons. The SMILES string of the molecule is CN=C(NCCc1ncc(C)s1)NCc1cccc(Cn2ccnc2)c1.I. The van der Waals surface area contributed by atoms with Gasteiger partial charge in [-0.1, -0.05) is 24.3 Å². The summed E-state index contributed by atoms with van der Waals surface area (Å²) in [6, 6.07) is 8.55. The summed E-state index contributed by atoms with van der Waals surface area (Å²) < 4.78 is 2.06. The van der Waals surface area contributed by atoms with Crippen LogP contribution < -0.4 is 10.6 Å². The number of aliphatic imine (C=N–C) groups is 1. The smallest absolute Gasteiger partial charge is 0.191 e. The zero-order valence-electron chi connectivity index (χ0n) is 15.6. The Bertz CT molecular complexity index is 844. The first-order chi connectivity index (χ1) is 12.7. The van der Waals surface area contributed by atoms with Gasteiger partial charge in [0.15, 0.2) is 5.96 Å². The van der Waals surface area contributed by atoms with Crippen molar-refractivity contribution in [3.8, 4) is 0 Å². The Morgan fingerprint density at radius 1 is 1.26 bits per heavy atom. The predicted octanol–water partition coefficient (Wildman–Crippen LogP) is 3.22. The van der Waals surface area contributed by atoms with Crippen LogP contribution in [0.25, 0.3) is 0 Å². The largest absolute Gasteiger partial charge is 0.356 e. The van der Waals surface area contributed by atoms with Crippen LogP contribution in [0.4, 0.5) is 0 Å². The van der Waals surface area contributed by atoms with E-state index >= 15 is 0 Å². The molecule has 3 aromatic rings. The number of imidazole rings is 1. The van der Waals surface area contributed by atoms with E-state index in [2.05, 4.69) is 61.4 Å². The molecule has 27 heavy (non-hydrogen) atoms. The third-order valence-corrected chi connectivity index (χ3v) is 4.87. The van der Waals surface area contributed by atoms with Gasteiger partial charge in [0.25, 0.3) is 0 Å². The van der Waals surface area contributed by atoms with Crippen LogP contribution in [0.2, 0.25) is 0 Å². The monoisotopic (exact) mass is 496 g/mol. The number of hydrogen-bond donors (Lipinski definition) is 2. The number of guanidine groups is 1. The van der Waals surface area contributed by atoms with Gasteiger partial charge in [-0.15, -0.1) is 35.3 Å². The number of benzene rings is 1. The molecule has 0 atom stereocenters. The normalized spacial score (nSPS) is 11.1. The molecule has 0 aliphatic carbocycles. The van der Waals surface area contributed by atoms with Crippen molar-refractivity contribution in [2.24, 2.45) is 4.99 Å². The lowest BCUT2D eigenvalue weighted by Gasteiger charge is -2.12. The van der Waals surface area contributed by atoms with Crippen molar-refractivity contribution in [3.63, 3.8) is 0 Å². The molecule has 0 saturated heterocycles. The van der Waals surface area contributed by atoms with Crippen molar-refractivity contribution in [1.29, 1.82) is 0 Å². The first-order valence-corrected chi connectivity index (χ1v) is 9.44. The molecule has 3 rings (SSSR count).